The van der Waals surface area contributed by atoms with Gasteiger partial charge in [0.05, 0.1) is 14.3 Å². The monoisotopic (exact) mass is 479 g/mol. The molecule has 29 heavy (non-hydrogen) atoms. The van der Waals surface area contributed by atoms with Crippen molar-refractivity contribution >= 4 is 56.2 Å². The van der Waals surface area contributed by atoms with Crippen LogP contribution in [-0.2, 0) is 14.8 Å². The Morgan fingerprint density at radius 2 is 1.86 bits per heavy atom. The highest BCUT2D eigenvalue weighted by molar-refractivity contribution is 7.91. The molecule has 1 fully saturated rings. The third-order valence-electron chi connectivity index (χ3n) is 4.21. The standard InChI is InChI=1S/C16H15Cl2N3O6S2/c17-12-9-11(21(23)24)1-2-13(12)27-10-15(22)19-5-7-20(8-6-19)29(25,26)16-4-3-14(18)28-16/h1-4,9H,5-8,10H2. The van der Waals surface area contributed by atoms with Gasteiger partial charge >= 0.3 is 0 Å². The first-order valence-corrected chi connectivity index (χ1v) is 11.3. The van der Waals surface area contributed by atoms with Gasteiger partial charge in [0.1, 0.15) is 9.96 Å². The highest BCUT2D eigenvalue weighted by atomic mass is 35.5. The predicted molar refractivity (Wildman–Crippen MR) is 108 cm³/mol. The number of halogens is 2. The number of thiophene rings is 1. The number of non-ortho nitro benzene ring substituents is 1. The van der Waals surface area contributed by atoms with Crippen molar-refractivity contribution < 1.29 is 22.9 Å². The fourth-order valence-electron chi connectivity index (χ4n) is 2.69. The Morgan fingerprint density at radius 3 is 2.41 bits per heavy atom. The van der Waals surface area contributed by atoms with Crippen LogP contribution in [-0.4, -0.2) is 61.2 Å². The molecule has 0 radical (unpaired) electrons. The molecule has 3 rings (SSSR count). The molecule has 0 spiro atoms. The second kappa shape index (κ2) is 8.84. The number of nitrogens with zero attached hydrogens (tertiary/aromatic N) is 3. The Balaban J connectivity index is 1.55. The molecule has 1 aromatic heterocycles. The van der Waals surface area contributed by atoms with Gasteiger partial charge in [0.15, 0.2) is 6.61 Å². The maximum atomic E-state index is 12.6. The minimum atomic E-state index is -3.64. The SMILES string of the molecule is O=C(COc1ccc([N+](=O)[O-])cc1Cl)N1CCN(S(=O)(=O)c2ccc(Cl)s2)CC1. The number of hydrogen-bond donors (Lipinski definition) is 0. The fourth-order valence-corrected chi connectivity index (χ4v) is 5.98. The zero-order valence-corrected chi connectivity index (χ0v) is 17.9. The number of carbonyl (C=O) groups excluding carboxylic acids is 1. The maximum Gasteiger partial charge on any atom is 0.271 e. The van der Waals surface area contributed by atoms with Gasteiger partial charge in [-0.3, -0.25) is 14.9 Å². The molecule has 156 valence electrons. The van der Waals surface area contributed by atoms with E-state index in [1.807, 2.05) is 0 Å². The topological polar surface area (TPSA) is 110 Å². The average molecular weight is 480 g/mol. The lowest BCUT2D eigenvalue weighted by Crippen LogP contribution is -2.51. The van der Waals surface area contributed by atoms with Crippen molar-refractivity contribution in [1.82, 2.24) is 9.21 Å². The van der Waals surface area contributed by atoms with Gasteiger partial charge in [-0.25, -0.2) is 8.42 Å². The van der Waals surface area contributed by atoms with E-state index in [1.54, 1.807) is 0 Å². The Hall–Kier alpha value is -1.92. The van der Waals surface area contributed by atoms with Crippen LogP contribution >= 0.6 is 34.5 Å². The number of ether oxygens (including phenoxy) is 1. The molecule has 1 aliphatic heterocycles. The summed E-state index contributed by atoms with van der Waals surface area (Å²) in [6, 6.07) is 6.68. The quantitative estimate of drug-likeness (QED) is 0.465. The summed E-state index contributed by atoms with van der Waals surface area (Å²) in [5.41, 5.74) is -0.182. The third-order valence-corrected chi connectivity index (χ3v) is 8.10. The van der Waals surface area contributed by atoms with Gasteiger partial charge < -0.3 is 9.64 Å². The molecule has 1 saturated heterocycles. The molecule has 1 aromatic carbocycles. The molecule has 1 amide bonds. The summed E-state index contributed by atoms with van der Waals surface area (Å²) in [7, 11) is -3.64. The van der Waals surface area contributed by atoms with Gasteiger partial charge in [-0.2, -0.15) is 4.31 Å². The smallest absolute Gasteiger partial charge is 0.271 e. The zero-order chi connectivity index (χ0) is 21.2. The Bertz CT molecular complexity index is 1040. The zero-order valence-electron chi connectivity index (χ0n) is 14.8. The summed E-state index contributed by atoms with van der Waals surface area (Å²) in [6.45, 7) is 0.428. The summed E-state index contributed by atoms with van der Waals surface area (Å²) >= 11 is 12.7. The van der Waals surface area contributed by atoms with Gasteiger partial charge in [-0.1, -0.05) is 23.2 Å². The molecular formula is C16H15Cl2N3O6S2. The summed E-state index contributed by atoms with van der Waals surface area (Å²) in [6.07, 6.45) is 0. The fraction of sp³-hybridized carbons (Fsp3) is 0.312. The molecule has 0 atom stereocenters. The number of carbonyl (C=O) groups is 1. The molecule has 1 aliphatic rings. The number of nitro benzene ring substituents is 1. The highest BCUT2D eigenvalue weighted by Crippen LogP contribution is 2.30. The molecule has 2 heterocycles. The molecular weight excluding hydrogens is 465 g/mol. The van der Waals surface area contributed by atoms with E-state index in [-0.39, 0.29) is 59.4 Å². The Labute approximate surface area is 180 Å². The molecule has 0 unspecified atom stereocenters. The van der Waals surface area contributed by atoms with E-state index < -0.39 is 14.9 Å². The van der Waals surface area contributed by atoms with Crippen LogP contribution in [0.5, 0.6) is 5.75 Å². The molecule has 9 nitrogen and oxygen atoms in total. The lowest BCUT2D eigenvalue weighted by Gasteiger charge is -2.33. The number of nitro groups is 1. The van der Waals surface area contributed by atoms with Gasteiger partial charge in [0.2, 0.25) is 0 Å². The van der Waals surface area contributed by atoms with Crippen LogP contribution in [0.2, 0.25) is 9.36 Å². The first kappa shape index (κ1) is 21.8. The van der Waals surface area contributed by atoms with E-state index in [1.165, 1.54) is 33.5 Å². The number of amides is 1. The molecule has 2 aromatic rings. The number of benzene rings is 1. The largest absolute Gasteiger partial charge is 0.482 e. The van der Waals surface area contributed by atoms with Crippen molar-refractivity contribution in [2.24, 2.45) is 0 Å². The van der Waals surface area contributed by atoms with Crippen LogP contribution in [0.4, 0.5) is 5.69 Å². The van der Waals surface area contributed by atoms with Crippen molar-refractivity contribution in [1.29, 1.82) is 0 Å². The molecule has 13 heteroatoms. The van der Waals surface area contributed by atoms with E-state index in [2.05, 4.69) is 0 Å². The van der Waals surface area contributed by atoms with E-state index >= 15 is 0 Å². The van der Waals surface area contributed by atoms with Crippen molar-refractivity contribution in [2.75, 3.05) is 32.8 Å². The minimum Gasteiger partial charge on any atom is -0.482 e. The second-order valence-electron chi connectivity index (χ2n) is 6.00. The van der Waals surface area contributed by atoms with E-state index in [9.17, 15) is 23.3 Å². The predicted octanol–water partition coefficient (Wildman–Crippen LogP) is 2.88. The summed E-state index contributed by atoms with van der Waals surface area (Å²) in [5.74, 6) is -0.183. The summed E-state index contributed by atoms with van der Waals surface area (Å²) in [5, 5.41) is 10.7. The van der Waals surface area contributed by atoms with Gasteiger partial charge in [-0.05, 0) is 18.2 Å². The van der Waals surface area contributed by atoms with E-state index in [0.717, 1.165) is 17.4 Å². The lowest BCUT2D eigenvalue weighted by atomic mass is 10.3. The number of sulfonamides is 1. The van der Waals surface area contributed by atoms with Gasteiger partial charge in [0.25, 0.3) is 21.6 Å². The van der Waals surface area contributed by atoms with Crippen LogP contribution in [0.1, 0.15) is 0 Å². The van der Waals surface area contributed by atoms with Crippen LogP contribution in [0.15, 0.2) is 34.5 Å². The highest BCUT2D eigenvalue weighted by Gasteiger charge is 2.31. The summed E-state index contributed by atoms with van der Waals surface area (Å²) in [4.78, 5) is 24.0. The van der Waals surface area contributed by atoms with Gasteiger partial charge in [0, 0.05) is 38.3 Å². The minimum absolute atomic E-state index is 0.0255. The van der Waals surface area contributed by atoms with Crippen molar-refractivity contribution in [3.63, 3.8) is 0 Å². The second-order valence-corrected chi connectivity index (χ2v) is 10.3. The number of hydrogen-bond acceptors (Lipinski definition) is 7. The van der Waals surface area contributed by atoms with Crippen molar-refractivity contribution in [3.05, 3.63) is 49.8 Å². The maximum absolute atomic E-state index is 12.6. The van der Waals surface area contributed by atoms with Crippen molar-refractivity contribution in [2.45, 2.75) is 4.21 Å². The lowest BCUT2D eigenvalue weighted by molar-refractivity contribution is -0.384. The van der Waals surface area contributed by atoms with E-state index in [4.69, 9.17) is 27.9 Å². The Kier molecular flexibility index (Phi) is 6.64. The van der Waals surface area contributed by atoms with Crippen LogP contribution in [0.25, 0.3) is 0 Å². The number of rotatable bonds is 6. The molecule has 0 aliphatic carbocycles. The normalized spacial score (nSPS) is 15.3. The number of piperazine rings is 1. The van der Waals surface area contributed by atoms with E-state index in [0.29, 0.717) is 4.34 Å². The molecule has 0 N–H and O–H groups in total. The summed E-state index contributed by atoms with van der Waals surface area (Å²) < 4.78 is 32.4. The van der Waals surface area contributed by atoms with Gasteiger partial charge in [-0.15, -0.1) is 11.3 Å². The molecule has 0 bridgehead atoms. The van der Waals surface area contributed by atoms with Crippen LogP contribution in [0, 0.1) is 10.1 Å². The molecule has 0 saturated carbocycles. The van der Waals surface area contributed by atoms with Crippen LogP contribution < -0.4 is 4.74 Å². The Morgan fingerprint density at radius 1 is 1.17 bits per heavy atom. The third kappa shape index (κ3) is 4.98. The average Bonchev–Trinajstić information content (AvgIpc) is 3.14. The first-order chi connectivity index (χ1) is 13.7. The van der Waals surface area contributed by atoms with Crippen LogP contribution in [0.3, 0.4) is 0 Å². The van der Waals surface area contributed by atoms with Crippen molar-refractivity contribution in [3.8, 4) is 5.75 Å². The first-order valence-electron chi connectivity index (χ1n) is 8.28.